The Kier molecular flexibility index (Phi) is 6.99. The third kappa shape index (κ3) is 5.78. The van der Waals surface area contributed by atoms with Gasteiger partial charge in [-0.3, -0.25) is 14.4 Å². The highest BCUT2D eigenvalue weighted by atomic mass is 35.5. The largest absolute Gasteiger partial charge is 0.494 e. The van der Waals surface area contributed by atoms with Gasteiger partial charge in [0.2, 0.25) is 5.91 Å². The van der Waals surface area contributed by atoms with Gasteiger partial charge in [0.25, 0.3) is 0 Å². The Morgan fingerprint density at radius 3 is 2.31 bits per heavy atom. The van der Waals surface area contributed by atoms with E-state index in [2.05, 4.69) is 16.0 Å². The predicted molar refractivity (Wildman–Crippen MR) is 99.3 cm³/mol. The Labute approximate surface area is 155 Å². The standard InChI is InChI=1S/C18H18ClN3O4/c1-2-26-13-9-7-12(8-10-13)21-18(25)17(24)20-11-16(23)22-15-6-4-3-5-14(15)19/h3-10H,2,11H2,1H3,(H,20,24)(H,21,25)(H,22,23). The minimum Gasteiger partial charge on any atom is -0.494 e. The first kappa shape index (κ1) is 19.3. The molecule has 8 heteroatoms. The summed E-state index contributed by atoms with van der Waals surface area (Å²) in [7, 11) is 0. The van der Waals surface area contributed by atoms with E-state index in [9.17, 15) is 14.4 Å². The number of rotatable bonds is 6. The van der Waals surface area contributed by atoms with Crippen LogP contribution in [0.15, 0.2) is 48.5 Å². The molecule has 0 aromatic heterocycles. The molecule has 2 aromatic carbocycles. The summed E-state index contributed by atoms with van der Waals surface area (Å²) in [4.78, 5) is 35.4. The third-order valence-corrected chi connectivity index (χ3v) is 3.52. The zero-order valence-corrected chi connectivity index (χ0v) is 14.8. The van der Waals surface area contributed by atoms with Gasteiger partial charge < -0.3 is 20.7 Å². The van der Waals surface area contributed by atoms with E-state index in [1.165, 1.54) is 0 Å². The average molecular weight is 376 g/mol. The van der Waals surface area contributed by atoms with E-state index in [-0.39, 0.29) is 6.54 Å². The first-order valence-corrected chi connectivity index (χ1v) is 8.24. The second-order valence-corrected chi connectivity index (χ2v) is 5.53. The monoisotopic (exact) mass is 375 g/mol. The van der Waals surface area contributed by atoms with E-state index < -0.39 is 17.7 Å². The SMILES string of the molecule is CCOc1ccc(NC(=O)C(=O)NCC(=O)Nc2ccccc2Cl)cc1. The number of carbonyl (C=O) groups excluding carboxylic acids is 3. The highest BCUT2D eigenvalue weighted by Gasteiger charge is 2.15. The maximum Gasteiger partial charge on any atom is 0.313 e. The number of amides is 3. The van der Waals surface area contributed by atoms with Gasteiger partial charge in [-0.25, -0.2) is 0 Å². The number of nitrogens with one attached hydrogen (secondary N) is 3. The predicted octanol–water partition coefficient (Wildman–Crippen LogP) is 2.43. The number of anilines is 2. The van der Waals surface area contributed by atoms with Crippen molar-refractivity contribution in [2.75, 3.05) is 23.8 Å². The van der Waals surface area contributed by atoms with Crippen LogP contribution in [0, 0.1) is 0 Å². The van der Waals surface area contributed by atoms with Crippen LogP contribution in [0.2, 0.25) is 5.02 Å². The van der Waals surface area contributed by atoms with Crippen LogP contribution in [0.5, 0.6) is 5.75 Å². The Balaban J connectivity index is 1.80. The number of hydrogen-bond donors (Lipinski definition) is 3. The lowest BCUT2D eigenvalue weighted by molar-refractivity contribution is -0.136. The number of para-hydroxylation sites is 1. The quantitative estimate of drug-likeness (QED) is 0.675. The van der Waals surface area contributed by atoms with Crippen molar-refractivity contribution in [3.8, 4) is 5.75 Å². The second-order valence-electron chi connectivity index (χ2n) is 5.12. The molecule has 0 saturated carbocycles. The van der Waals surface area contributed by atoms with Crippen LogP contribution in [-0.4, -0.2) is 30.9 Å². The van der Waals surface area contributed by atoms with E-state index in [4.69, 9.17) is 16.3 Å². The maximum atomic E-state index is 11.8. The minimum atomic E-state index is -0.923. The van der Waals surface area contributed by atoms with Crippen LogP contribution in [-0.2, 0) is 14.4 Å². The molecule has 0 radical (unpaired) electrons. The fourth-order valence-corrected chi connectivity index (χ4v) is 2.17. The highest BCUT2D eigenvalue weighted by Crippen LogP contribution is 2.20. The molecule has 0 heterocycles. The number of halogens is 1. The van der Waals surface area contributed by atoms with Gasteiger partial charge in [0.15, 0.2) is 0 Å². The molecule has 0 bridgehead atoms. The highest BCUT2D eigenvalue weighted by molar-refractivity contribution is 6.40. The number of carbonyl (C=O) groups is 3. The van der Waals surface area contributed by atoms with E-state index in [0.29, 0.717) is 28.8 Å². The molecule has 3 N–H and O–H groups in total. The Bertz CT molecular complexity index is 793. The smallest absolute Gasteiger partial charge is 0.313 e. The first-order chi connectivity index (χ1) is 12.5. The van der Waals surface area contributed by atoms with Crippen molar-refractivity contribution in [3.63, 3.8) is 0 Å². The van der Waals surface area contributed by atoms with Gasteiger partial charge >= 0.3 is 11.8 Å². The lowest BCUT2D eigenvalue weighted by atomic mass is 10.3. The molecule has 0 fully saturated rings. The number of benzene rings is 2. The summed E-state index contributed by atoms with van der Waals surface area (Å²) < 4.78 is 5.29. The summed E-state index contributed by atoms with van der Waals surface area (Å²) in [5.74, 6) is -1.64. The zero-order valence-electron chi connectivity index (χ0n) is 14.0. The summed E-state index contributed by atoms with van der Waals surface area (Å²) >= 11 is 5.93. The number of ether oxygens (including phenoxy) is 1. The van der Waals surface area contributed by atoms with Gasteiger partial charge in [-0.1, -0.05) is 23.7 Å². The average Bonchev–Trinajstić information content (AvgIpc) is 2.63. The molecular formula is C18H18ClN3O4. The van der Waals surface area contributed by atoms with Crippen molar-refractivity contribution in [3.05, 3.63) is 53.6 Å². The van der Waals surface area contributed by atoms with Crippen molar-refractivity contribution in [1.29, 1.82) is 0 Å². The molecule has 0 aliphatic rings. The van der Waals surface area contributed by atoms with Gasteiger partial charge in [-0.05, 0) is 43.3 Å². The molecule has 0 aliphatic carbocycles. The van der Waals surface area contributed by atoms with Crippen LogP contribution in [0.3, 0.4) is 0 Å². The van der Waals surface area contributed by atoms with Crippen LogP contribution < -0.4 is 20.7 Å². The normalized spacial score (nSPS) is 9.92. The Hall–Kier alpha value is -3.06. The molecule has 136 valence electrons. The fourth-order valence-electron chi connectivity index (χ4n) is 1.99. The molecule has 26 heavy (non-hydrogen) atoms. The van der Waals surface area contributed by atoms with Crippen LogP contribution in [0.25, 0.3) is 0 Å². The molecule has 0 unspecified atom stereocenters. The molecule has 2 rings (SSSR count). The van der Waals surface area contributed by atoms with Gasteiger partial charge in [0.1, 0.15) is 5.75 Å². The van der Waals surface area contributed by atoms with E-state index in [1.807, 2.05) is 6.92 Å². The zero-order chi connectivity index (χ0) is 18.9. The third-order valence-electron chi connectivity index (χ3n) is 3.19. The van der Waals surface area contributed by atoms with Gasteiger partial charge in [0, 0.05) is 5.69 Å². The van der Waals surface area contributed by atoms with Crippen LogP contribution >= 0.6 is 11.6 Å². The van der Waals surface area contributed by atoms with Gasteiger partial charge in [0.05, 0.1) is 23.9 Å². The molecule has 0 aliphatic heterocycles. The molecular weight excluding hydrogens is 358 g/mol. The summed E-state index contributed by atoms with van der Waals surface area (Å²) in [6.07, 6.45) is 0. The van der Waals surface area contributed by atoms with Gasteiger partial charge in [-0.2, -0.15) is 0 Å². The van der Waals surface area contributed by atoms with Crippen molar-refractivity contribution >= 4 is 40.7 Å². The van der Waals surface area contributed by atoms with Crippen molar-refractivity contribution in [1.82, 2.24) is 5.32 Å². The lowest BCUT2D eigenvalue weighted by Crippen LogP contribution is -2.39. The van der Waals surface area contributed by atoms with Crippen LogP contribution in [0.4, 0.5) is 11.4 Å². The topological polar surface area (TPSA) is 96.5 Å². The molecule has 0 spiro atoms. The van der Waals surface area contributed by atoms with E-state index in [1.54, 1.807) is 48.5 Å². The second kappa shape index (κ2) is 9.43. The van der Waals surface area contributed by atoms with Crippen molar-refractivity contribution in [2.24, 2.45) is 0 Å². The first-order valence-electron chi connectivity index (χ1n) is 7.86. The van der Waals surface area contributed by atoms with E-state index >= 15 is 0 Å². The van der Waals surface area contributed by atoms with Crippen LogP contribution in [0.1, 0.15) is 6.92 Å². The van der Waals surface area contributed by atoms with Crippen molar-refractivity contribution < 1.29 is 19.1 Å². The molecule has 2 aromatic rings. The fraction of sp³-hybridized carbons (Fsp3) is 0.167. The Morgan fingerprint density at radius 2 is 1.65 bits per heavy atom. The summed E-state index contributed by atoms with van der Waals surface area (Å²) in [6.45, 7) is 2.03. The summed E-state index contributed by atoms with van der Waals surface area (Å²) in [6, 6.07) is 13.3. The van der Waals surface area contributed by atoms with E-state index in [0.717, 1.165) is 0 Å². The minimum absolute atomic E-state index is 0.360. The lowest BCUT2D eigenvalue weighted by Gasteiger charge is -2.09. The Morgan fingerprint density at radius 1 is 0.962 bits per heavy atom. The van der Waals surface area contributed by atoms with Gasteiger partial charge in [-0.15, -0.1) is 0 Å². The maximum absolute atomic E-state index is 11.8. The van der Waals surface area contributed by atoms with Crippen molar-refractivity contribution in [2.45, 2.75) is 6.92 Å². The summed E-state index contributed by atoms with van der Waals surface area (Å²) in [5, 5.41) is 7.59. The summed E-state index contributed by atoms with van der Waals surface area (Å²) in [5.41, 5.74) is 0.862. The number of hydrogen-bond acceptors (Lipinski definition) is 4. The molecule has 7 nitrogen and oxygen atoms in total. The molecule has 3 amide bonds. The molecule has 0 atom stereocenters. The molecule has 0 saturated heterocycles.